The highest BCUT2D eigenvalue weighted by Crippen LogP contribution is 2.16. The van der Waals surface area contributed by atoms with Crippen LogP contribution in [-0.4, -0.2) is 43.8 Å². The van der Waals surface area contributed by atoms with Crippen molar-refractivity contribution in [2.24, 2.45) is 0 Å². The number of benzene rings is 1. The normalized spacial score (nSPS) is 13.3. The van der Waals surface area contributed by atoms with Crippen molar-refractivity contribution in [3.05, 3.63) is 24.3 Å². The van der Waals surface area contributed by atoms with Crippen molar-refractivity contribution in [3.8, 4) is 0 Å². The van der Waals surface area contributed by atoms with Gasteiger partial charge in [-0.2, -0.15) is 0 Å². The molecule has 0 heterocycles. The third-order valence-corrected chi connectivity index (χ3v) is 6.93. The summed E-state index contributed by atoms with van der Waals surface area (Å²) in [4.78, 5) is -0.267. The number of hydrogen-bond donors (Lipinski definition) is 1. The second-order valence-corrected chi connectivity index (χ2v) is 10.6. The molecule has 0 bridgehead atoms. The molecule has 1 N–H and O–H groups in total. The number of sulfone groups is 1. The van der Waals surface area contributed by atoms with Crippen LogP contribution in [0, 0.1) is 0 Å². The van der Waals surface area contributed by atoms with E-state index in [-0.39, 0.29) is 9.79 Å². The van der Waals surface area contributed by atoms with Gasteiger partial charge in [-0.25, -0.2) is 30.0 Å². The van der Waals surface area contributed by atoms with E-state index in [0.29, 0.717) is 0 Å². The molecule has 1 rings (SSSR count). The van der Waals surface area contributed by atoms with Crippen molar-refractivity contribution in [1.29, 1.82) is 0 Å². The highest BCUT2D eigenvalue weighted by atomic mass is 35.7. The summed E-state index contributed by atoms with van der Waals surface area (Å²) in [6.07, 6.45) is 0. The Balaban J connectivity index is 3.05. The Hall–Kier alpha value is -0.680. The summed E-state index contributed by atoms with van der Waals surface area (Å²) in [6.45, 7) is 0. The largest absolute Gasteiger partial charge is 0.240 e. The molecule has 1 aromatic carbocycles. The lowest BCUT2D eigenvalue weighted by Crippen LogP contribution is -2.19. The first-order chi connectivity index (χ1) is 8.98. The molecule has 0 aliphatic rings. The lowest BCUT2D eigenvalue weighted by atomic mass is 10.4. The molecule has 0 spiro atoms. The first kappa shape index (κ1) is 17.4. The van der Waals surface area contributed by atoms with Gasteiger partial charge in [0, 0.05) is 10.7 Å². The first-order valence-corrected chi connectivity index (χ1v) is 10.8. The summed E-state index contributed by atoms with van der Waals surface area (Å²) < 4.78 is 70.1. The average Bonchev–Trinajstić information content (AvgIpc) is 2.36. The highest BCUT2D eigenvalue weighted by Gasteiger charge is 2.19. The van der Waals surface area contributed by atoms with Gasteiger partial charge in [0.2, 0.25) is 19.1 Å². The molecule has 0 radical (unpaired) electrons. The fraction of sp³-hybridized carbons (Fsp3) is 0.333. The SMILES string of the molecule is CNS(=O)(=O)c1ccc(S(=O)(=O)CCS(=O)(=O)Cl)cc1. The standard InChI is InChI=1S/C9H12ClNO6S3/c1-11-20(16,17)9-4-2-8(3-5-9)18(12,13)6-7-19(10,14)15/h2-5,11H,6-7H2,1H3. The summed E-state index contributed by atoms with van der Waals surface area (Å²) in [6, 6.07) is 4.43. The van der Waals surface area contributed by atoms with Crippen molar-refractivity contribution in [3.63, 3.8) is 0 Å². The zero-order chi connectivity index (χ0) is 15.6. The fourth-order valence-corrected chi connectivity index (χ4v) is 5.03. The molecule has 0 unspecified atom stereocenters. The Morgan fingerprint density at radius 3 is 1.75 bits per heavy atom. The van der Waals surface area contributed by atoms with Gasteiger partial charge in [0.25, 0.3) is 0 Å². The van der Waals surface area contributed by atoms with Crippen LogP contribution in [0.3, 0.4) is 0 Å². The maximum atomic E-state index is 11.8. The Kier molecular flexibility index (Phi) is 5.19. The van der Waals surface area contributed by atoms with Gasteiger partial charge in [-0.15, -0.1) is 0 Å². The van der Waals surface area contributed by atoms with Crippen LogP contribution in [0.2, 0.25) is 0 Å². The van der Waals surface area contributed by atoms with Crippen molar-refractivity contribution in [2.45, 2.75) is 9.79 Å². The predicted molar refractivity (Wildman–Crippen MR) is 74.4 cm³/mol. The summed E-state index contributed by atoms with van der Waals surface area (Å²) in [5, 5.41) is 0. The van der Waals surface area contributed by atoms with Gasteiger partial charge in [0.05, 0.1) is 21.3 Å². The molecule has 0 aliphatic heterocycles. The van der Waals surface area contributed by atoms with E-state index in [2.05, 4.69) is 4.72 Å². The molecule has 0 saturated heterocycles. The first-order valence-electron chi connectivity index (χ1n) is 5.17. The second-order valence-electron chi connectivity index (χ2n) is 3.74. The molecule has 0 amide bonds. The maximum Gasteiger partial charge on any atom is 0.240 e. The van der Waals surface area contributed by atoms with Gasteiger partial charge in [-0.1, -0.05) is 0 Å². The zero-order valence-electron chi connectivity index (χ0n) is 10.3. The third-order valence-electron chi connectivity index (χ3n) is 2.36. The van der Waals surface area contributed by atoms with E-state index in [1.165, 1.54) is 7.05 Å². The smallest absolute Gasteiger partial charge is 0.224 e. The van der Waals surface area contributed by atoms with E-state index in [0.717, 1.165) is 24.3 Å². The minimum absolute atomic E-state index is 0.0936. The van der Waals surface area contributed by atoms with Crippen molar-refractivity contribution in [2.75, 3.05) is 18.6 Å². The predicted octanol–water partition coefficient (Wildman–Crippen LogP) is -0.0630. The molecule has 11 heteroatoms. The van der Waals surface area contributed by atoms with Crippen LogP contribution in [0.15, 0.2) is 34.1 Å². The Bertz CT molecular complexity index is 781. The molecule has 1 aromatic rings. The highest BCUT2D eigenvalue weighted by molar-refractivity contribution is 8.14. The van der Waals surface area contributed by atoms with E-state index >= 15 is 0 Å². The molecular formula is C9H12ClNO6S3. The minimum atomic E-state index is -3.91. The van der Waals surface area contributed by atoms with Gasteiger partial charge >= 0.3 is 0 Å². The number of nitrogens with one attached hydrogen (secondary N) is 1. The van der Waals surface area contributed by atoms with Crippen LogP contribution in [0.4, 0.5) is 0 Å². The molecule has 0 saturated carbocycles. The van der Waals surface area contributed by atoms with Gasteiger partial charge < -0.3 is 0 Å². The van der Waals surface area contributed by atoms with Crippen LogP contribution in [0.5, 0.6) is 0 Å². The molecule has 0 aromatic heterocycles. The van der Waals surface area contributed by atoms with Crippen molar-refractivity contribution < 1.29 is 25.3 Å². The monoisotopic (exact) mass is 361 g/mol. The summed E-state index contributed by atoms with van der Waals surface area (Å²) in [5.74, 6) is -1.38. The minimum Gasteiger partial charge on any atom is -0.224 e. The van der Waals surface area contributed by atoms with Gasteiger partial charge in [0.1, 0.15) is 0 Å². The molecule has 114 valence electrons. The summed E-state index contributed by atoms with van der Waals surface area (Å²) >= 11 is 0. The Labute approximate surface area is 122 Å². The second kappa shape index (κ2) is 5.98. The van der Waals surface area contributed by atoms with Gasteiger partial charge in [-0.05, 0) is 31.3 Å². The summed E-state index contributed by atoms with van der Waals surface area (Å²) in [5.41, 5.74) is 0. The topological polar surface area (TPSA) is 114 Å². The van der Waals surface area contributed by atoms with Crippen molar-refractivity contribution >= 4 is 39.6 Å². The lowest BCUT2D eigenvalue weighted by molar-refractivity contribution is 0.586. The number of hydrogen-bond acceptors (Lipinski definition) is 6. The number of sulfonamides is 1. The van der Waals surface area contributed by atoms with E-state index in [4.69, 9.17) is 10.7 Å². The average molecular weight is 362 g/mol. The van der Waals surface area contributed by atoms with E-state index < -0.39 is 40.4 Å². The van der Waals surface area contributed by atoms with Gasteiger partial charge in [0.15, 0.2) is 9.84 Å². The lowest BCUT2D eigenvalue weighted by Gasteiger charge is -2.05. The Morgan fingerprint density at radius 1 is 0.900 bits per heavy atom. The van der Waals surface area contributed by atoms with Crippen molar-refractivity contribution in [1.82, 2.24) is 4.72 Å². The maximum absolute atomic E-state index is 11.8. The quantitative estimate of drug-likeness (QED) is 0.710. The van der Waals surface area contributed by atoms with E-state index in [9.17, 15) is 25.3 Å². The van der Waals surface area contributed by atoms with Gasteiger partial charge in [-0.3, -0.25) is 0 Å². The van der Waals surface area contributed by atoms with Crippen LogP contribution in [0.25, 0.3) is 0 Å². The van der Waals surface area contributed by atoms with Crippen LogP contribution in [-0.2, 0) is 28.9 Å². The molecule has 0 fully saturated rings. The van der Waals surface area contributed by atoms with Crippen LogP contribution >= 0.6 is 10.7 Å². The molecule has 0 aliphatic carbocycles. The fourth-order valence-electron chi connectivity index (χ4n) is 1.27. The van der Waals surface area contributed by atoms with E-state index in [1.54, 1.807) is 0 Å². The molecular weight excluding hydrogens is 350 g/mol. The van der Waals surface area contributed by atoms with Crippen LogP contribution in [0.1, 0.15) is 0 Å². The molecule has 20 heavy (non-hydrogen) atoms. The molecule has 7 nitrogen and oxygen atoms in total. The Morgan fingerprint density at radius 2 is 1.35 bits per heavy atom. The number of rotatable bonds is 6. The van der Waals surface area contributed by atoms with Crippen LogP contribution < -0.4 is 4.72 Å². The summed E-state index contributed by atoms with van der Waals surface area (Å²) in [7, 11) is -5.23. The number of halogens is 1. The zero-order valence-corrected chi connectivity index (χ0v) is 13.5. The molecule has 0 atom stereocenters. The third kappa shape index (κ3) is 4.70. The van der Waals surface area contributed by atoms with E-state index in [1.807, 2.05) is 0 Å².